The van der Waals surface area contributed by atoms with Gasteiger partial charge < -0.3 is 10.3 Å². The summed E-state index contributed by atoms with van der Waals surface area (Å²) in [5, 5.41) is 3.93. The van der Waals surface area contributed by atoms with Gasteiger partial charge in [0.25, 0.3) is 0 Å². The smallest absolute Gasteiger partial charge is 0.244 e. The Morgan fingerprint density at radius 2 is 2.28 bits per heavy atom. The summed E-state index contributed by atoms with van der Waals surface area (Å²) in [7, 11) is 0. The SMILES string of the molecule is CC[C@H](C)[C@H](N)c1nc(-c2ncccc2Br)no1. The zero-order valence-corrected chi connectivity index (χ0v) is 11.9. The van der Waals surface area contributed by atoms with E-state index in [-0.39, 0.29) is 6.04 Å². The summed E-state index contributed by atoms with van der Waals surface area (Å²) < 4.78 is 6.04. The van der Waals surface area contributed by atoms with Gasteiger partial charge in [-0.15, -0.1) is 0 Å². The van der Waals surface area contributed by atoms with Crippen molar-refractivity contribution in [3.63, 3.8) is 0 Å². The summed E-state index contributed by atoms with van der Waals surface area (Å²) in [5.74, 6) is 1.21. The second-order valence-corrected chi connectivity index (χ2v) is 5.06. The first kappa shape index (κ1) is 13.2. The molecule has 2 atom stereocenters. The van der Waals surface area contributed by atoms with Crippen LogP contribution < -0.4 is 5.73 Å². The summed E-state index contributed by atoms with van der Waals surface area (Å²) in [4.78, 5) is 8.53. The molecule has 2 aromatic rings. The molecule has 2 N–H and O–H groups in total. The van der Waals surface area contributed by atoms with Crippen molar-refractivity contribution < 1.29 is 4.52 Å². The lowest BCUT2D eigenvalue weighted by atomic mass is 10.0. The number of hydrogen-bond acceptors (Lipinski definition) is 5. The van der Waals surface area contributed by atoms with E-state index >= 15 is 0 Å². The summed E-state index contributed by atoms with van der Waals surface area (Å²) in [6.07, 6.45) is 2.65. The molecular weight excluding hydrogens is 296 g/mol. The van der Waals surface area contributed by atoms with Gasteiger partial charge in [-0.2, -0.15) is 4.98 Å². The Bertz CT molecular complexity index is 528. The monoisotopic (exact) mass is 310 g/mol. The molecule has 0 radical (unpaired) electrons. The largest absolute Gasteiger partial charge is 0.337 e. The molecule has 0 spiro atoms. The molecule has 0 amide bonds. The van der Waals surface area contributed by atoms with Crippen LogP contribution in [0.4, 0.5) is 0 Å². The average molecular weight is 311 g/mol. The van der Waals surface area contributed by atoms with Crippen LogP contribution in [0.1, 0.15) is 32.2 Å². The number of hydrogen-bond donors (Lipinski definition) is 1. The minimum Gasteiger partial charge on any atom is -0.337 e. The lowest BCUT2D eigenvalue weighted by molar-refractivity contribution is 0.312. The van der Waals surface area contributed by atoms with Crippen molar-refractivity contribution in [2.24, 2.45) is 11.7 Å². The number of nitrogens with two attached hydrogens (primary N) is 1. The highest BCUT2D eigenvalue weighted by molar-refractivity contribution is 9.10. The van der Waals surface area contributed by atoms with Crippen LogP contribution >= 0.6 is 15.9 Å². The van der Waals surface area contributed by atoms with Crippen molar-refractivity contribution >= 4 is 15.9 Å². The van der Waals surface area contributed by atoms with E-state index < -0.39 is 0 Å². The predicted octanol–water partition coefficient (Wildman–Crippen LogP) is 2.94. The highest BCUT2D eigenvalue weighted by Crippen LogP contribution is 2.26. The Balaban J connectivity index is 2.29. The van der Waals surface area contributed by atoms with Gasteiger partial charge in [0, 0.05) is 10.7 Å². The molecule has 2 aromatic heterocycles. The van der Waals surface area contributed by atoms with E-state index in [1.807, 2.05) is 12.1 Å². The van der Waals surface area contributed by atoms with E-state index in [1.54, 1.807) is 6.20 Å². The summed E-state index contributed by atoms with van der Waals surface area (Å²) in [6, 6.07) is 3.48. The minimum atomic E-state index is -0.237. The molecule has 0 fully saturated rings. The van der Waals surface area contributed by atoms with E-state index in [9.17, 15) is 0 Å². The predicted molar refractivity (Wildman–Crippen MR) is 71.6 cm³/mol. The lowest BCUT2D eigenvalue weighted by Gasteiger charge is -2.12. The topological polar surface area (TPSA) is 77.8 Å². The van der Waals surface area contributed by atoms with Gasteiger partial charge in [-0.25, -0.2) is 0 Å². The molecule has 0 saturated carbocycles. The standard InChI is InChI=1S/C12H15BrN4O/c1-3-7(2)9(14)12-16-11(17-18-12)10-8(13)5-4-6-15-10/h4-7,9H,3,14H2,1-2H3/t7-,9-/m0/s1. The second-order valence-electron chi connectivity index (χ2n) is 4.20. The van der Waals surface area contributed by atoms with Crippen LogP contribution in [0.15, 0.2) is 27.3 Å². The van der Waals surface area contributed by atoms with E-state index in [1.165, 1.54) is 0 Å². The molecule has 0 bridgehead atoms. The minimum absolute atomic E-state index is 0.237. The molecule has 6 heteroatoms. The van der Waals surface area contributed by atoms with E-state index in [0.29, 0.717) is 23.3 Å². The third-order valence-corrected chi connectivity index (χ3v) is 3.59. The van der Waals surface area contributed by atoms with Crippen LogP contribution in [0.25, 0.3) is 11.5 Å². The third kappa shape index (κ3) is 2.59. The summed E-state index contributed by atoms with van der Waals surface area (Å²) in [6.45, 7) is 4.14. The summed E-state index contributed by atoms with van der Waals surface area (Å²) in [5.41, 5.74) is 6.71. The first-order valence-corrected chi connectivity index (χ1v) is 6.62. The zero-order chi connectivity index (χ0) is 13.1. The molecule has 0 aliphatic carbocycles. The molecule has 96 valence electrons. The maximum Gasteiger partial charge on any atom is 0.244 e. The number of nitrogens with zero attached hydrogens (tertiary/aromatic N) is 3. The van der Waals surface area contributed by atoms with Crippen molar-refractivity contribution in [1.29, 1.82) is 0 Å². The van der Waals surface area contributed by atoms with Crippen molar-refractivity contribution in [3.05, 3.63) is 28.7 Å². The van der Waals surface area contributed by atoms with Gasteiger partial charge in [0.15, 0.2) is 0 Å². The number of pyridine rings is 1. The molecule has 0 aliphatic rings. The van der Waals surface area contributed by atoms with Crippen LogP contribution in [0.3, 0.4) is 0 Å². The molecule has 18 heavy (non-hydrogen) atoms. The van der Waals surface area contributed by atoms with Gasteiger partial charge in [0.1, 0.15) is 5.69 Å². The van der Waals surface area contributed by atoms with Gasteiger partial charge in [0.05, 0.1) is 6.04 Å². The molecule has 0 unspecified atom stereocenters. The average Bonchev–Trinajstić information content (AvgIpc) is 2.87. The summed E-state index contributed by atoms with van der Waals surface area (Å²) >= 11 is 3.41. The van der Waals surface area contributed by atoms with E-state index in [0.717, 1.165) is 10.9 Å². The molecular formula is C12H15BrN4O. The Labute approximate surface area is 114 Å². The van der Waals surface area contributed by atoms with Crippen molar-refractivity contribution in [3.8, 4) is 11.5 Å². The number of rotatable bonds is 4. The second kappa shape index (κ2) is 5.58. The molecule has 0 aliphatic heterocycles. The Kier molecular flexibility index (Phi) is 4.08. The Hall–Kier alpha value is -1.27. The fourth-order valence-corrected chi connectivity index (χ4v) is 1.95. The molecule has 0 saturated heterocycles. The van der Waals surface area contributed by atoms with Crippen molar-refractivity contribution in [2.75, 3.05) is 0 Å². The first-order chi connectivity index (χ1) is 8.63. The van der Waals surface area contributed by atoms with Crippen LogP contribution in [0.2, 0.25) is 0 Å². The van der Waals surface area contributed by atoms with Gasteiger partial charge in [-0.3, -0.25) is 4.98 Å². The normalized spacial score (nSPS) is 14.4. The van der Waals surface area contributed by atoms with Crippen LogP contribution in [0, 0.1) is 5.92 Å². The van der Waals surface area contributed by atoms with E-state index in [4.69, 9.17) is 10.3 Å². The quantitative estimate of drug-likeness (QED) is 0.939. The molecule has 0 aromatic carbocycles. The fourth-order valence-electron chi connectivity index (χ4n) is 1.51. The Morgan fingerprint density at radius 3 is 2.94 bits per heavy atom. The van der Waals surface area contributed by atoms with Crippen LogP contribution in [0.5, 0.6) is 0 Å². The molecule has 2 heterocycles. The van der Waals surface area contributed by atoms with Gasteiger partial charge in [-0.1, -0.05) is 25.4 Å². The van der Waals surface area contributed by atoms with Crippen molar-refractivity contribution in [2.45, 2.75) is 26.3 Å². The van der Waals surface area contributed by atoms with Crippen LogP contribution in [-0.2, 0) is 0 Å². The van der Waals surface area contributed by atoms with E-state index in [2.05, 4.69) is 44.9 Å². The number of halogens is 1. The third-order valence-electron chi connectivity index (χ3n) is 2.95. The highest BCUT2D eigenvalue weighted by Gasteiger charge is 2.21. The lowest BCUT2D eigenvalue weighted by Crippen LogP contribution is -2.18. The Morgan fingerprint density at radius 1 is 1.50 bits per heavy atom. The fraction of sp³-hybridized carbons (Fsp3) is 0.417. The molecule has 2 rings (SSSR count). The van der Waals surface area contributed by atoms with Crippen molar-refractivity contribution in [1.82, 2.24) is 15.1 Å². The zero-order valence-electron chi connectivity index (χ0n) is 10.3. The van der Waals surface area contributed by atoms with Gasteiger partial charge in [-0.05, 0) is 34.0 Å². The highest BCUT2D eigenvalue weighted by atomic mass is 79.9. The van der Waals surface area contributed by atoms with Crippen LogP contribution in [-0.4, -0.2) is 15.1 Å². The van der Waals surface area contributed by atoms with Gasteiger partial charge in [0.2, 0.25) is 11.7 Å². The first-order valence-electron chi connectivity index (χ1n) is 5.83. The maximum atomic E-state index is 6.05. The molecule has 5 nitrogen and oxygen atoms in total. The number of aromatic nitrogens is 3. The maximum absolute atomic E-state index is 6.05. The van der Waals surface area contributed by atoms with Gasteiger partial charge >= 0.3 is 0 Å².